The first-order chi connectivity index (χ1) is 23.7. The number of nitrogens with zero attached hydrogens (tertiary/aromatic N) is 4. The summed E-state index contributed by atoms with van der Waals surface area (Å²) in [6.45, 7) is 4.71. The molecule has 11 nitrogen and oxygen atoms in total. The van der Waals surface area contributed by atoms with Crippen molar-refractivity contribution < 1.29 is 41.4 Å². The summed E-state index contributed by atoms with van der Waals surface area (Å²) in [6, 6.07) is 9.45. The number of aryl methyl sites for hydroxylation is 1. The Balaban J connectivity index is 1.23. The van der Waals surface area contributed by atoms with Crippen LogP contribution in [0.3, 0.4) is 0 Å². The SMILES string of the molecule is Cc1cc(Oc2c(F)cccc2F)ncc1-n1ncc(C(=O)c2cc3cc(OC(F)F)c(C4CCN(C(=O)OC(C)(C)C)CC4)cc3[nH]2)c1N. The summed E-state index contributed by atoms with van der Waals surface area (Å²) in [7, 11) is 0. The molecule has 262 valence electrons. The van der Waals surface area contributed by atoms with Crippen LogP contribution in [0.15, 0.2) is 54.9 Å². The Morgan fingerprint density at radius 1 is 1.04 bits per heavy atom. The maximum absolute atomic E-state index is 14.1. The molecule has 0 aliphatic carbocycles. The van der Waals surface area contributed by atoms with E-state index in [1.54, 1.807) is 38.7 Å². The van der Waals surface area contributed by atoms with Gasteiger partial charge in [-0.15, -0.1) is 0 Å². The van der Waals surface area contributed by atoms with Crippen molar-refractivity contribution in [3.05, 3.63) is 88.9 Å². The van der Waals surface area contributed by atoms with Crippen LogP contribution in [0, 0.1) is 18.6 Å². The first-order valence-electron chi connectivity index (χ1n) is 15.7. The molecule has 0 saturated carbocycles. The highest BCUT2D eigenvalue weighted by Gasteiger charge is 2.30. The molecule has 15 heteroatoms. The van der Waals surface area contributed by atoms with Crippen LogP contribution in [0.5, 0.6) is 17.4 Å². The molecule has 0 unspecified atom stereocenters. The van der Waals surface area contributed by atoms with Crippen molar-refractivity contribution in [1.29, 1.82) is 0 Å². The Hall–Kier alpha value is -5.60. The van der Waals surface area contributed by atoms with Gasteiger partial charge in [0.2, 0.25) is 17.4 Å². The third kappa shape index (κ3) is 7.07. The van der Waals surface area contributed by atoms with Gasteiger partial charge >= 0.3 is 12.7 Å². The van der Waals surface area contributed by atoms with Crippen LogP contribution in [0.2, 0.25) is 0 Å². The predicted molar refractivity (Wildman–Crippen MR) is 175 cm³/mol. The number of aromatic amines is 1. The number of carbonyl (C=O) groups excluding carboxylic acids is 2. The number of pyridine rings is 1. The summed E-state index contributed by atoms with van der Waals surface area (Å²) in [4.78, 5) is 35.0. The number of nitrogen functional groups attached to an aromatic ring is 1. The molecule has 0 bridgehead atoms. The summed E-state index contributed by atoms with van der Waals surface area (Å²) in [5.74, 6) is -3.16. The molecule has 1 amide bonds. The van der Waals surface area contributed by atoms with Crippen molar-refractivity contribution in [2.45, 2.75) is 58.7 Å². The highest BCUT2D eigenvalue weighted by atomic mass is 19.3. The van der Waals surface area contributed by atoms with Crippen molar-refractivity contribution in [3.8, 4) is 23.1 Å². The average molecular weight is 695 g/mol. The van der Waals surface area contributed by atoms with Gasteiger partial charge in [-0.1, -0.05) is 6.07 Å². The number of piperidine rings is 1. The van der Waals surface area contributed by atoms with E-state index < -0.39 is 41.5 Å². The van der Waals surface area contributed by atoms with Crippen LogP contribution in [-0.4, -0.2) is 61.8 Å². The fraction of sp³-hybridized carbons (Fsp3) is 0.314. The summed E-state index contributed by atoms with van der Waals surface area (Å²) >= 11 is 0. The first-order valence-corrected chi connectivity index (χ1v) is 15.7. The second-order valence-corrected chi connectivity index (χ2v) is 12.9. The van der Waals surface area contributed by atoms with E-state index in [1.165, 1.54) is 41.3 Å². The van der Waals surface area contributed by atoms with E-state index >= 15 is 0 Å². The van der Waals surface area contributed by atoms with Crippen LogP contribution in [-0.2, 0) is 4.74 Å². The second-order valence-electron chi connectivity index (χ2n) is 12.9. The van der Waals surface area contributed by atoms with Gasteiger partial charge in [0.1, 0.15) is 17.2 Å². The number of H-pyrrole nitrogens is 1. The highest BCUT2D eigenvalue weighted by Crippen LogP contribution is 2.39. The van der Waals surface area contributed by atoms with Gasteiger partial charge in [-0.25, -0.2) is 23.2 Å². The third-order valence-electron chi connectivity index (χ3n) is 8.26. The van der Waals surface area contributed by atoms with E-state index in [0.29, 0.717) is 53.6 Å². The van der Waals surface area contributed by atoms with Gasteiger partial charge in [0.05, 0.1) is 29.3 Å². The van der Waals surface area contributed by atoms with Gasteiger partial charge in [-0.3, -0.25) is 4.79 Å². The standard InChI is InChI=1S/C35H34F4N6O5/c1-18-12-29(49-31-23(36)6-5-7-24(31)37)41-17-27(18)45-32(40)22(16-42-45)30(46)26-13-20-14-28(48-33(38)39)21(15-25(20)43-26)19-8-10-44(11-9-19)34(47)50-35(2,3)4/h5-7,12-17,19,33,43H,8-11,40H2,1-4H3. The Bertz CT molecular complexity index is 2060. The largest absolute Gasteiger partial charge is 0.444 e. The molecule has 4 heterocycles. The van der Waals surface area contributed by atoms with Crippen LogP contribution < -0.4 is 15.2 Å². The van der Waals surface area contributed by atoms with E-state index in [4.69, 9.17) is 19.9 Å². The lowest BCUT2D eigenvalue weighted by Crippen LogP contribution is -2.41. The number of halogens is 4. The summed E-state index contributed by atoms with van der Waals surface area (Å²) in [6.07, 6.45) is 3.19. The van der Waals surface area contributed by atoms with E-state index in [1.807, 2.05) is 0 Å². The minimum atomic E-state index is -3.07. The quantitative estimate of drug-likeness (QED) is 0.125. The van der Waals surface area contributed by atoms with Crippen molar-refractivity contribution >= 4 is 28.6 Å². The van der Waals surface area contributed by atoms with E-state index in [9.17, 15) is 27.2 Å². The number of anilines is 1. The minimum Gasteiger partial charge on any atom is -0.444 e. The van der Waals surface area contributed by atoms with Crippen molar-refractivity contribution in [2.24, 2.45) is 0 Å². The molecule has 3 aromatic heterocycles. The molecular weight excluding hydrogens is 660 g/mol. The Kier molecular flexibility index (Phi) is 9.16. The lowest BCUT2D eigenvalue weighted by Gasteiger charge is -2.34. The number of hydrogen-bond acceptors (Lipinski definition) is 8. The normalized spacial score (nSPS) is 14.0. The maximum Gasteiger partial charge on any atom is 0.410 e. The molecule has 0 radical (unpaired) electrons. The monoisotopic (exact) mass is 694 g/mol. The molecule has 0 atom stereocenters. The smallest absolute Gasteiger partial charge is 0.410 e. The van der Waals surface area contributed by atoms with E-state index in [-0.39, 0.29) is 34.6 Å². The molecule has 5 aromatic rings. The fourth-order valence-electron chi connectivity index (χ4n) is 5.87. The van der Waals surface area contributed by atoms with Gasteiger partial charge in [-0.05, 0) is 87.9 Å². The molecule has 1 aliphatic rings. The molecule has 6 rings (SSSR count). The number of rotatable bonds is 8. The molecule has 0 spiro atoms. The van der Waals surface area contributed by atoms with Gasteiger partial charge in [0, 0.05) is 30.1 Å². The van der Waals surface area contributed by atoms with E-state index in [2.05, 4.69) is 15.1 Å². The number of benzene rings is 2. The van der Waals surface area contributed by atoms with Crippen molar-refractivity contribution in [2.75, 3.05) is 18.8 Å². The number of ketones is 1. The fourth-order valence-corrected chi connectivity index (χ4v) is 5.87. The van der Waals surface area contributed by atoms with Crippen LogP contribution >= 0.6 is 0 Å². The highest BCUT2D eigenvalue weighted by molar-refractivity contribution is 6.12. The second kappa shape index (κ2) is 13.4. The number of nitrogens with one attached hydrogen (secondary N) is 1. The maximum atomic E-state index is 14.1. The molecule has 1 fully saturated rings. The number of aromatic nitrogens is 4. The number of likely N-dealkylation sites (tertiary alicyclic amines) is 1. The van der Waals surface area contributed by atoms with Gasteiger partial charge in [0.15, 0.2) is 11.6 Å². The van der Waals surface area contributed by atoms with Crippen LogP contribution in [0.1, 0.15) is 66.7 Å². The van der Waals surface area contributed by atoms with Crippen LogP contribution in [0.4, 0.5) is 28.2 Å². The van der Waals surface area contributed by atoms with Crippen molar-refractivity contribution in [1.82, 2.24) is 24.6 Å². The number of ether oxygens (including phenoxy) is 3. The van der Waals surface area contributed by atoms with Gasteiger partial charge in [-0.2, -0.15) is 13.9 Å². The first kappa shape index (κ1) is 34.3. The Morgan fingerprint density at radius 2 is 1.74 bits per heavy atom. The lowest BCUT2D eigenvalue weighted by molar-refractivity contribution is -0.0506. The molecular formula is C35H34F4N6O5. The summed E-state index contributed by atoms with van der Waals surface area (Å²) in [5.41, 5.74) is 7.89. The number of nitrogens with two attached hydrogens (primary N) is 1. The molecule has 1 saturated heterocycles. The summed E-state index contributed by atoms with van der Waals surface area (Å²) < 4.78 is 72.1. The minimum absolute atomic E-state index is 0.00784. The van der Waals surface area contributed by atoms with Crippen LogP contribution in [0.25, 0.3) is 16.6 Å². The Labute approximate surface area is 283 Å². The topological polar surface area (TPSA) is 138 Å². The number of hydrogen-bond donors (Lipinski definition) is 2. The van der Waals surface area contributed by atoms with Gasteiger partial charge in [0.25, 0.3) is 0 Å². The number of amides is 1. The zero-order valence-corrected chi connectivity index (χ0v) is 27.6. The average Bonchev–Trinajstić information content (AvgIpc) is 3.64. The third-order valence-corrected chi connectivity index (χ3v) is 8.26. The zero-order chi connectivity index (χ0) is 35.9. The molecule has 2 aromatic carbocycles. The predicted octanol–water partition coefficient (Wildman–Crippen LogP) is 7.66. The number of fused-ring (bicyclic) bond motifs is 1. The number of para-hydroxylation sites is 1. The van der Waals surface area contributed by atoms with Gasteiger partial charge < -0.3 is 29.8 Å². The Morgan fingerprint density at radius 3 is 2.38 bits per heavy atom. The number of alkyl halides is 2. The van der Waals surface area contributed by atoms with Crippen molar-refractivity contribution in [3.63, 3.8) is 0 Å². The molecule has 1 aliphatic heterocycles. The number of carbonyl (C=O) groups is 2. The lowest BCUT2D eigenvalue weighted by atomic mass is 9.88. The zero-order valence-electron chi connectivity index (χ0n) is 27.6. The summed E-state index contributed by atoms with van der Waals surface area (Å²) in [5, 5.41) is 4.73. The molecule has 3 N–H and O–H groups in total. The molecule has 50 heavy (non-hydrogen) atoms. The van der Waals surface area contributed by atoms with E-state index in [0.717, 1.165) is 12.1 Å².